The second kappa shape index (κ2) is 7.04. The lowest BCUT2D eigenvalue weighted by Crippen LogP contribution is -2.55. The first kappa shape index (κ1) is 16.7. The van der Waals surface area contributed by atoms with Crippen LogP contribution in [0.25, 0.3) is 0 Å². The van der Waals surface area contributed by atoms with Crippen molar-refractivity contribution in [3.05, 3.63) is 0 Å². The summed E-state index contributed by atoms with van der Waals surface area (Å²) in [5.41, 5.74) is 0. The van der Waals surface area contributed by atoms with Gasteiger partial charge in [0.25, 0.3) is 10.2 Å². The van der Waals surface area contributed by atoms with E-state index < -0.39 is 22.2 Å². The molecule has 0 spiro atoms. The maximum atomic E-state index is 12.7. The number of ether oxygens (including phenoxy) is 1. The molecule has 2 fully saturated rings. The molecule has 21 heavy (non-hydrogen) atoms. The molecule has 0 bridgehead atoms. The largest absolute Gasteiger partial charge is 0.480 e. The van der Waals surface area contributed by atoms with Gasteiger partial charge in [-0.25, -0.2) is 0 Å². The first-order valence-corrected chi connectivity index (χ1v) is 8.97. The zero-order chi connectivity index (χ0) is 15.5. The Hall–Kier alpha value is -0.700. The van der Waals surface area contributed by atoms with E-state index >= 15 is 0 Å². The highest BCUT2D eigenvalue weighted by atomic mass is 32.2. The molecule has 1 unspecified atom stereocenters. The van der Waals surface area contributed by atoms with Crippen LogP contribution in [-0.2, 0) is 19.7 Å². The number of carboxylic acids is 1. The molecule has 7 nitrogen and oxygen atoms in total. The minimum atomic E-state index is -3.69. The zero-order valence-corrected chi connectivity index (χ0v) is 13.2. The number of hydrogen-bond donors (Lipinski definition) is 1. The number of nitrogens with zero attached hydrogens (tertiary/aromatic N) is 2. The second-order valence-electron chi connectivity index (χ2n) is 5.52. The number of rotatable bonds is 5. The van der Waals surface area contributed by atoms with Crippen molar-refractivity contribution in [2.24, 2.45) is 0 Å². The fourth-order valence-electron chi connectivity index (χ4n) is 3.04. The molecule has 0 amide bonds. The maximum absolute atomic E-state index is 12.7. The van der Waals surface area contributed by atoms with Crippen molar-refractivity contribution in [2.75, 3.05) is 26.2 Å². The molecule has 8 heteroatoms. The van der Waals surface area contributed by atoms with E-state index in [9.17, 15) is 18.3 Å². The highest BCUT2D eigenvalue weighted by molar-refractivity contribution is 7.86. The molecule has 2 rings (SSSR count). The van der Waals surface area contributed by atoms with Crippen molar-refractivity contribution in [3.8, 4) is 0 Å². The number of hydrogen-bond acceptors (Lipinski definition) is 4. The SMILES string of the molecule is CCOC1CCN(S(=O)(=O)N2CCCCC2C(=O)O)CC1. The Labute approximate surface area is 126 Å². The summed E-state index contributed by atoms with van der Waals surface area (Å²) < 4.78 is 33.4. The van der Waals surface area contributed by atoms with Crippen LogP contribution >= 0.6 is 0 Å². The predicted octanol–water partition coefficient (Wildman–Crippen LogP) is 0.671. The van der Waals surface area contributed by atoms with Crippen molar-refractivity contribution in [3.63, 3.8) is 0 Å². The summed E-state index contributed by atoms with van der Waals surface area (Å²) in [6.07, 6.45) is 3.31. The third-order valence-electron chi connectivity index (χ3n) is 4.16. The molecule has 2 heterocycles. The molecule has 122 valence electrons. The fraction of sp³-hybridized carbons (Fsp3) is 0.923. The highest BCUT2D eigenvalue weighted by Gasteiger charge is 2.41. The van der Waals surface area contributed by atoms with Crippen molar-refractivity contribution >= 4 is 16.2 Å². The van der Waals surface area contributed by atoms with Gasteiger partial charge in [-0.1, -0.05) is 0 Å². The predicted molar refractivity (Wildman–Crippen MR) is 77.1 cm³/mol. The van der Waals surface area contributed by atoms with Gasteiger partial charge in [0.1, 0.15) is 6.04 Å². The van der Waals surface area contributed by atoms with E-state index in [-0.39, 0.29) is 6.10 Å². The Balaban J connectivity index is 2.05. The molecular weight excluding hydrogens is 296 g/mol. The summed E-state index contributed by atoms with van der Waals surface area (Å²) in [7, 11) is -3.69. The lowest BCUT2D eigenvalue weighted by Gasteiger charge is -2.38. The van der Waals surface area contributed by atoms with E-state index in [1.165, 1.54) is 8.61 Å². The summed E-state index contributed by atoms with van der Waals surface area (Å²) >= 11 is 0. The van der Waals surface area contributed by atoms with E-state index in [1.54, 1.807) is 0 Å². The van der Waals surface area contributed by atoms with Gasteiger partial charge < -0.3 is 9.84 Å². The van der Waals surface area contributed by atoms with Crippen LogP contribution in [0.15, 0.2) is 0 Å². The molecule has 0 aliphatic carbocycles. The van der Waals surface area contributed by atoms with Crippen LogP contribution in [0.3, 0.4) is 0 Å². The van der Waals surface area contributed by atoms with E-state index in [2.05, 4.69) is 0 Å². The smallest absolute Gasteiger partial charge is 0.322 e. The molecule has 0 aromatic rings. The molecule has 2 aliphatic heterocycles. The Kier molecular flexibility index (Phi) is 5.59. The van der Waals surface area contributed by atoms with Crippen LogP contribution in [0.5, 0.6) is 0 Å². The molecule has 2 saturated heterocycles. The first-order chi connectivity index (χ1) is 9.96. The van der Waals surface area contributed by atoms with Crippen LogP contribution in [0.4, 0.5) is 0 Å². The Morgan fingerprint density at radius 1 is 1.19 bits per heavy atom. The van der Waals surface area contributed by atoms with Crippen LogP contribution < -0.4 is 0 Å². The molecule has 0 aromatic heterocycles. The Bertz CT molecular complexity index is 459. The Morgan fingerprint density at radius 2 is 1.86 bits per heavy atom. The average molecular weight is 320 g/mol. The third kappa shape index (κ3) is 3.74. The van der Waals surface area contributed by atoms with Gasteiger partial charge in [-0.15, -0.1) is 0 Å². The lowest BCUT2D eigenvalue weighted by molar-refractivity contribution is -0.142. The van der Waals surface area contributed by atoms with Crippen LogP contribution in [0, 0.1) is 0 Å². The minimum Gasteiger partial charge on any atom is -0.480 e. The average Bonchev–Trinajstić information content (AvgIpc) is 2.48. The van der Waals surface area contributed by atoms with Crippen molar-refractivity contribution in [1.29, 1.82) is 0 Å². The number of aliphatic carboxylic acids is 1. The van der Waals surface area contributed by atoms with Gasteiger partial charge in [-0.3, -0.25) is 4.79 Å². The summed E-state index contributed by atoms with van der Waals surface area (Å²) in [4.78, 5) is 11.3. The van der Waals surface area contributed by atoms with Gasteiger partial charge in [-0.2, -0.15) is 17.0 Å². The minimum absolute atomic E-state index is 0.109. The molecule has 0 radical (unpaired) electrons. The van der Waals surface area contributed by atoms with E-state index in [1.807, 2.05) is 6.92 Å². The first-order valence-electron chi connectivity index (χ1n) is 7.58. The van der Waals surface area contributed by atoms with Crippen molar-refractivity contribution < 1.29 is 23.1 Å². The van der Waals surface area contributed by atoms with Crippen molar-refractivity contribution in [1.82, 2.24) is 8.61 Å². The molecular formula is C13H24N2O5S. The summed E-state index contributed by atoms with van der Waals surface area (Å²) in [6, 6.07) is -0.923. The van der Waals surface area contributed by atoms with E-state index in [4.69, 9.17) is 4.74 Å². The molecule has 2 aliphatic rings. The van der Waals surface area contributed by atoms with Gasteiger partial charge in [0.2, 0.25) is 0 Å². The molecule has 1 atom stereocenters. The number of carbonyl (C=O) groups is 1. The van der Waals surface area contributed by atoms with Gasteiger partial charge in [0.05, 0.1) is 6.10 Å². The maximum Gasteiger partial charge on any atom is 0.322 e. The summed E-state index contributed by atoms with van der Waals surface area (Å²) in [5, 5.41) is 9.24. The highest BCUT2D eigenvalue weighted by Crippen LogP contribution is 2.25. The van der Waals surface area contributed by atoms with Crippen LogP contribution in [-0.4, -0.2) is 66.5 Å². The molecule has 0 aromatic carbocycles. The number of piperidine rings is 2. The third-order valence-corrected chi connectivity index (χ3v) is 6.21. The monoisotopic (exact) mass is 320 g/mol. The van der Waals surface area contributed by atoms with Crippen LogP contribution in [0.2, 0.25) is 0 Å². The standard InChI is InChI=1S/C13H24N2O5S/c1-2-20-11-6-9-14(10-7-11)21(18,19)15-8-4-3-5-12(15)13(16)17/h11-12H,2-10H2,1H3,(H,16,17). The number of carboxylic acid groups (broad SMARTS) is 1. The normalized spacial score (nSPS) is 26.8. The van der Waals surface area contributed by atoms with Gasteiger partial charge in [0.15, 0.2) is 0 Å². The second-order valence-corrected chi connectivity index (χ2v) is 7.40. The quantitative estimate of drug-likeness (QED) is 0.804. The van der Waals surface area contributed by atoms with Gasteiger partial charge >= 0.3 is 5.97 Å². The van der Waals surface area contributed by atoms with E-state index in [0.717, 1.165) is 12.8 Å². The fourth-order valence-corrected chi connectivity index (χ4v) is 4.89. The molecule has 1 N–H and O–H groups in total. The molecule has 0 saturated carbocycles. The van der Waals surface area contributed by atoms with Crippen molar-refractivity contribution in [2.45, 2.75) is 51.2 Å². The topological polar surface area (TPSA) is 87.2 Å². The van der Waals surface area contributed by atoms with E-state index in [0.29, 0.717) is 45.5 Å². The zero-order valence-electron chi connectivity index (χ0n) is 12.4. The van der Waals surface area contributed by atoms with Gasteiger partial charge in [-0.05, 0) is 39.0 Å². The lowest BCUT2D eigenvalue weighted by atomic mass is 10.1. The summed E-state index contributed by atoms with van der Waals surface area (Å²) in [6.45, 7) is 3.65. The summed E-state index contributed by atoms with van der Waals surface area (Å²) in [5.74, 6) is -1.05. The van der Waals surface area contributed by atoms with Crippen LogP contribution in [0.1, 0.15) is 39.0 Å². The Morgan fingerprint density at radius 3 is 2.43 bits per heavy atom. The van der Waals surface area contributed by atoms with Gasteiger partial charge in [0, 0.05) is 26.2 Å².